The molecular weight excluding hydrogens is 599 g/mol. The fraction of sp³-hybridized carbons (Fsp3) is 0.378. The fourth-order valence-corrected chi connectivity index (χ4v) is 7.66. The number of hydrogen-bond donors (Lipinski definition) is 2. The second-order valence-corrected chi connectivity index (χ2v) is 14.5. The Morgan fingerprint density at radius 1 is 1.11 bits per heavy atom. The Balaban J connectivity index is 1.44. The summed E-state index contributed by atoms with van der Waals surface area (Å²) in [5.41, 5.74) is 4.05. The van der Waals surface area contributed by atoms with Gasteiger partial charge < -0.3 is 14.8 Å². The van der Waals surface area contributed by atoms with Gasteiger partial charge in [0.05, 0.1) is 11.0 Å². The molecular formula is C37H41FN4O3S. The largest absolute Gasteiger partial charge is 0.481 e. The number of nitrogens with one attached hydrogen (secondary N) is 1. The molecule has 3 heterocycles. The van der Waals surface area contributed by atoms with Crippen LogP contribution in [-0.4, -0.2) is 42.3 Å². The van der Waals surface area contributed by atoms with Gasteiger partial charge in [-0.2, -0.15) is 16.9 Å². The molecule has 0 amide bonds. The average Bonchev–Trinajstić information content (AvgIpc) is 3.66. The summed E-state index contributed by atoms with van der Waals surface area (Å²) >= 11 is 1.96. The zero-order chi connectivity index (χ0) is 32.5. The molecule has 6 rings (SSSR count). The highest BCUT2D eigenvalue weighted by molar-refractivity contribution is 7.99. The highest BCUT2D eigenvalue weighted by atomic mass is 32.2. The zero-order valence-corrected chi connectivity index (χ0v) is 27.7. The predicted molar refractivity (Wildman–Crippen MR) is 182 cm³/mol. The quantitative estimate of drug-likeness (QED) is 0.204. The molecule has 7 nitrogen and oxygen atoms in total. The molecule has 1 atom stereocenters. The van der Waals surface area contributed by atoms with Crippen LogP contribution in [0.25, 0.3) is 22.3 Å². The van der Waals surface area contributed by atoms with Crippen LogP contribution < -0.4 is 4.74 Å². The van der Waals surface area contributed by atoms with Crippen LogP contribution in [0.3, 0.4) is 0 Å². The molecule has 1 aliphatic heterocycles. The number of aromatic nitrogens is 4. The van der Waals surface area contributed by atoms with E-state index in [0.29, 0.717) is 29.4 Å². The van der Waals surface area contributed by atoms with Crippen molar-refractivity contribution in [2.75, 3.05) is 11.5 Å². The Morgan fingerprint density at radius 2 is 1.96 bits per heavy atom. The number of nitrogens with zero attached hydrogens (tertiary/aromatic N) is 3. The van der Waals surface area contributed by atoms with E-state index < -0.39 is 17.2 Å². The number of halogens is 1. The molecule has 5 aromatic rings. The predicted octanol–water partition coefficient (Wildman–Crippen LogP) is 8.70. The maximum atomic E-state index is 15.5. The fourth-order valence-electron chi connectivity index (χ4n) is 6.47. The molecule has 2 aromatic heterocycles. The Bertz CT molecular complexity index is 1880. The van der Waals surface area contributed by atoms with Gasteiger partial charge in [0.15, 0.2) is 11.6 Å². The van der Waals surface area contributed by atoms with Crippen molar-refractivity contribution in [1.82, 2.24) is 19.7 Å². The molecule has 2 N–H and O–H groups in total. The second kappa shape index (κ2) is 12.9. The number of carboxylic acids is 1. The van der Waals surface area contributed by atoms with E-state index in [1.165, 1.54) is 6.07 Å². The van der Waals surface area contributed by atoms with Crippen molar-refractivity contribution in [1.29, 1.82) is 0 Å². The van der Waals surface area contributed by atoms with Crippen LogP contribution in [0.1, 0.15) is 69.0 Å². The molecule has 0 unspecified atom stereocenters. The number of aromatic amines is 1. The molecule has 0 saturated heterocycles. The number of hydrogen-bond acceptors (Lipinski definition) is 5. The van der Waals surface area contributed by atoms with E-state index in [0.717, 1.165) is 70.5 Å². The molecule has 1 aliphatic rings. The van der Waals surface area contributed by atoms with Gasteiger partial charge in [-0.3, -0.25) is 4.79 Å². The van der Waals surface area contributed by atoms with Crippen LogP contribution in [0.5, 0.6) is 11.5 Å². The Morgan fingerprint density at radius 3 is 2.78 bits per heavy atom. The van der Waals surface area contributed by atoms with Crippen LogP contribution in [0, 0.1) is 11.2 Å². The SMILES string of the molecule is Cn1nc2nc1-c1cc(ccc1F)Oc1ccc3[nH]ccc3c1CCSCC(C)(C)CCC[C@]2(C)c1cccc(CCC(=O)O)c1. The van der Waals surface area contributed by atoms with Gasteiger partial charge in [0, 0.05) is 36.1 Å². The van der Waals surface area contributed by atoms with Crippen molar-refractivity contribution in [2.45, 2.75) is 64.7 Å². The molecule has 0 radical (unpaired) electrons. The average molecular weight is 641 g/mol. The standard InChI is InChI=1S/C37H41FN4O3S/c1-36(2)17-6-18-37(3,25-8-5-7-24(21-25)9-14-33(43)44)35-40-34(42(4)41-35)29-22-26(10-11-30(29)38)45-32-13-12-31-27(15-19-39-31)28(32)16-20-46-23-36/h5,7-8,10-13,15,19,21-22,39H,6,9,14,16-18,20,23H2,1-4H3,(H,43,44)/t37-/m1/s1. The number of aryl methyl sites for hydroxylation is 3. The number of carboxylic acid groups (broad SMARTS) is 1. The Hall–Kier alpha value is -4.11. The molecule has 240 valence electrons. The third-order valence-electron chi connectivity index (χ3n) is 9.18. The lowest BCUT2D eigenvalue weighted by atomic mass is 9.75. The van der Waals surface area contributed by atoms with Crippen LogP contribution in [-0.2, 0) is 30.1 Å². The van der Waals surface area contributed by atoms with Crippen molar-refractivity contribution in [3.8, 4) is 22.9 Å². The van der Waals surface area contributed by atoms with E-state index in [2.05, 4.69) is 44.0 Å². The van der Waals surface area contributed by atoms with Gasteiger partial charge in [-0.1, -0.05) is 44.5 Å². The first kappa shape index (κ1) is 31.9. The monoisotopic (exact) mass is 640 g/mol. The Kier molecular flexibility index (Phi) is 8.97. The van der Waals surface area contributed by atoms with Crippen LogP contribution >= 0.6 is 11.8 Å². The number of rotatable bonds is 4. The van der Waals surface area contributed by atoms with Gasteiger partial charge in [0.2, 0.25) is 0 Å². The lowest BCUT2D eigenvalue weighted by Crippen LogP contribution is -2.27. The highest BCUT2D eigenvalue weighted by Gasteiger charge is 2.35. The van der Waals surface area contributed by atoms with E-state index in [1.807, 2.05) is 42.2 Å². The summed E-state index contributed by atoms with van der Waals surface area (Å²) in [7, 11) is 1.79. The third kappa shape index (κ3) is 6.70. The summed E-state index contributed by atoms with van der Waals surface area (Å²) in [4.78, 5) is 19.6. The summed E-state index contributed by atoms with van der Waals surface area (Å²) in [6.45, 7) is 6.81. The van der Waals surface area contributed by atoms with Crippen molar-refractivity contribution in [3.05, 3.63) is 95.2 Å². The topological polar surface area (TPSA) is 93.0 Å². The van der Waals surface area contributed by atoms with E-state index >= 15 is 4.39 Å². The van der Waals surface area contributed by atoms with Crippen LogP contribution in [0.2, 0.25) is 0 Å². The number of benzene rings is 3. The van der Waals surface area contributed by atoms with Gasteiger partial charge in [0.1, 0.15) is 17.3 Å². The van der Waals surface area contributed by atoms with Gasteiger partial charge in [-0.25, -0.2) is 14.1 Å². The number of thioether (sulfide) groups is 1. The smallest absolute Gasteiger partial charge is 0.303 e. The first-order valence-electron chi connectivity index (χ1n) is 15.9. The Labute approximate surface area is 273 Å². The van der Waals surface area contributed by atoms with Crippen molar-refractivity contribution in [2.24, 2.45) is 12.5 Å². The number of H-pyrrole nitrogens is 1. The number of ether oxygens (including phenoxy) is 1. The van der Waals surface area contributed by atoms with Gasteiger partial charge >= 0.3 is 5.97 Å². The van der Waals surface area contributed by atoms with E-state index in [-0.39, 0.29) is 11.8 Å². The molecule has 0 saturated carbocycles. The van der Waals surface area contributed by atoms with Crippen LogP contribution in [0.4, 0.5) is 4.39 Å². The maximum absolute atomic E-state index is 15.5. The lowest BCUT2D eigenvalue weighted by molar-refractivity contribution is -0.136. The molecule has 3 aromatic carbocycles. The van der Waals surface area contributed by atoms with E-state index in [4.69, 9.17) is 14.8 Å². The molecule has 0 fully saturated rings. The summed E-state index contributed by atoms with van der Waals surface area (Å²) in [6.07, 6.45) is 6.07. The van der Waals surface area contributed by atoms with E-state index in [9.17, 15) is 9.90 Å². The maximum Gasteiger partial charge on any atom is 0.303 e. The van der Waals surface area contributed by atoms with Crippen molar-refractivity contribution >= 4 is 28.6 Å². The minimum absolute atomic E-state index is 0.0657. The summed E-state index contributed by atoms with van der Waals surface area (Å²) in [5.74, 6) is 3.09. The minimum Gasteiger partial charge on any atom is -0.481 e. The summed E-state index contributed by atoms with van der Waals surface area (Å²) in [6, 6.07) is 19.0. The minimum atomic E-state index is -0.821. The van der Waals surface area contributed by atoms with Gasteiger partial charge in [0.25, 0.3) is 0 Å². The van der Waals surface area contributed by atoms with E-state index in [1.54, 1.807) is 23.9 Å². The normalized spacial score (nSPS) is 18.7. The number of aliphatic carboxylic acids is 1. The van der Waals surface area contributed by atoms with Crippen molar-refractivity contribution in [3.63, 3.8) is 0 Å². The van der Waals surface area contributed by atoms with Crippen LogP contribution in [0.15, 0.2) is 66.9 Å². The first-order valence-corrected chi connectivity index (χ1v) is 17.1. The molecule has 4 bridgehead atoms. The lowest BCUT2D eigenvalue weighted by Gasteiger charge is -2.30. The van der Waals surface area contributed by atoms with Crippen molar-refractivity contribution < 1.29 is 19.0 Å². The highest BCUT2D eigenvalue weighted by Crippen LogP contribution is 2.40. The number of carbonyl (C=O) groups is 1. The number of fused-ring (bicyclic) bond motifs is 8. The molecule has 0 aliphatic carbocycles. The molecule has 0 spiro atoms. The first-order chi connectivity index (χ1) is 22.0. The zero-order valence-electron chi connectivity index (χ0n) is 26.9. The van der Waals surface area contributed by atoms with Gasteiger partial charge in [-0.05, 0) is 97.1 Å². The molecule has 9 heteroatoms. The third-order valence-corrected chi connectivity index (χ3v) is 10.7. The second-order valence-electron chi connectivity index (χ2n) is 13.4. The summed E-state index contributed by atoms with van der Waals surface area (Å²) < 4.78 is 23.7. The molecule has 46 heavy (non-hydrogen) atoms. The van der Waals surface area contributed by atoms with Gasteiger partial charge in [-0.15, -0.1) is 0 Å². The summed E-state index contributed by atoms with van der Waals surface area (Å²) in [5, 5.41) is 15.3.